The normalized spacial score (nSPS) is 24.1. The van der Waals surface area contributed by atoms with Crippen LogP contribution >= 0.6 is 0 Å². The van der Waals surface area contributed by atoms with Crippen LogP contribution in [-0.4, -0.2) is 17.5 Å². The highest BCUT2D eigenvalue weighted by molar-refractivity contribution is 5.86. The smallest absolute Gasteiger partial charge is 0.347 e. The Bertz CT molecular complexity index is 757. The van der Waals surface area contributed by atoms with Gasteiger partial charge < -0.3 is 19.0 Å². The van der Waals surface area contributed by atoms with Crippen LogP contribution in [0, 0.1) is 0 Å². The Hall–Kier alpha value is -1.85. The average Bonchev–Trinajstić information content (AvgIpc) is 2.91. The molecule has 2 aliphatic rings. The molecule has 22 heavy (non-hydrogen) atoms. The summed E-state index contributed by atoms with van der Waals surface area (Å²) in [5, 5.41) is 10.6. The Morgan fingerprint density at radius 1 is 1.18 bits per heavy atom. The van der Waals surface area contributed by atoms with Gasteiger partial charge in [-0.05, 0) is 30.4 Å². The number of rotatable bonds is 1. The van der Waals surface area contributed by atoms with Crippen molar-refractivity contribution in [2.45, 2.75) is 44.0 Å². The van der Waals surface area contributed by atoms with Gasteiger partial charge in [0.05, 0.1) is 6.61 Å². The van der Waals surface area contributed by atoms with Crippen LogP contribution < -0.4 is 5.63 Å². The summed E-state index contributed by atoms with van der Waals surface area (Å²) in [5.41, 5.74) is -0.543. The maximum atomic E-state index is 12.1. The molecule has 0 amide bonds. The van der Waals surface area contributed by atoms with Crippen LogP contribution in [0.4, 0.5) is 0 Å². The van der Waals surface area contributed by atoms with Crippen LogP contribution in [0.15, 0.2) is 33.5 Å². The molecule has 1 saturated heterocycles. The molecule has 1 aromatic heterocycles. The van der Waals surface area contributed by atoms with Crippen molar-refractivity contribution in [1.29, 1.82) is 0 Å². The summed E-state index contributed by atoms with van der Waals surface area (Å²) < 4.78 is 17.4. The minimum atomic E-state index is -0.543. The van der Waals surface area contributed by atoms with Crippen molar-refractivity contribution >= 4 is 10.8 Å². The minimum absolute atomic E-state index is 0.0647. The van der Waals surface area contributed by atoms with E-state index in [1.807, 2.05) is 0 Å². The number of hydrogen-bond donors (Lipinski definition) is 1. The molecule has 1 spiro atoms. The van der Waals surface area contributed by atoms with Crippen LogP contribution in [0.5, 0.6) is 5.75 Å². The van der Waals surface area contributed by atoms with Crippen molar-refractivity contribution < 1.29 is 19.0 Å². The molecule has 1 saturated carbocycles. The fraction of sp³-hybridized carbons (Fsp3) is 0.471. The molecule has 5 heteroatoms. The first-order valence-electron chi connectivity index (χ1n) is 7.74. The number of ether oxygens (including phenoxy) is 2. The van der Waals surface area contributed by atoms with Crippen molar-refractivity contribution in [2.24, 2.45) is 0 Å². The van der Waals surface area contributed by atoms with Gasteiger partial charge in [-0.1, -0.05) is 18.6 Å². The van der Waals surface area contributed by atoms with Crippen molar-refractivity contribution in [3.8, 4) is 5.75 Å². The summed E-state index contributed by atoms with van der Waals surface area (Å²) in [7, 11) is 0. The Morgan fingerprint density at radius 2 is 2.00 bits per heavy atom. The summed E-state index contributed by atoms with van der Waals surface area (Å²) in [6.45, 7) is 0.396. The van der Waals surface area contributed by atoms with Crippen molar-refractivity contribution in [1.82, 2.24) is 0 Å². The van der Waals surface area contributed by atoms with Gasteiger partial charge in [0.2, 0.25) is 0 Å². The van der Waals surface area contributed by atoms with Gasteiger partial charge in [-0.2, -0.15) is 0 Å². The first-order valence-corrected chi connectivity index (χ1v) is 7.74. The lowest BCUT2D eigenvalue weighted by atomic mass is 9.94. The number of fused-ring (bicyclic) bond motifs is 1. The second kappa shape index (κ2) is 5.11. The quantitative estimate of drug-likeness (QED) is 0.875. The monoisotopic (exact) mass is 302 g/mol. The van der Waals surface area contributed by atoms with Gasteiger partial charge in [0.25, 0.3) is 0 Å². The van der Waals surface area contributed by atoms with E-state index in [1.165, 1.54) is 12.5 Å². The lowest BCUT2D eigenvalue weighted by Crippen LogP contribution is -2.32. The van der Waals surface area contributed by atoms with E-state index in [4.69, 9.17) is 13.9 Å². The average molecular weight is 302 g/mol. The molecule has 1 N–H and O–H groups in total. The molecule has 1 atom stereocenters. The van der Waals surface area contributed by atoms with Crippen LogP contribution in [0.3, 0.4) is 0 Å². The van der Waals surface area contributed by atoms with E-state index in [9.17, 15) is 9.90 Å². The minimum Gasteiger partial charge on any atom is -0.507 e. The summed E-state index contributed by atoms with van der Waals surface area (Å²) in [5.74, 6) is -0.106. The molecule has 116 valence electrons. The predicted molar refractivity (Wildman–Crippen MR) is 79.7 cm³/mol. The molecule has 5 nitrogen and oxygen atoms in total. The molecule has 1 aromatic carbocycles. The molecule has 2 fully saturated rings. The number of phenolic OH excluding ortho intramolecular Hbond substituents is 1. The van der Waals surface area contributed by atoms with Gasteiger partial charge in [-0.3, -0.25) is 0 Å². The summed E-state index contributed by atoms with van der Waals surface area (Å²) in [6.07, 6.45) is 4.83. The standard InChI is InChI=1S/C17H18O5/c18-12-6-4-5-11-9-13(21-16(19)15(11)12)14-10-20-17(22-14)7-2-1-3-8-17/h4-6,9,14,18H,1-3,7-8,10H2/t14-/m1/s1. The van der Waals surface area contributed by atoms with Crippen LogP contribution in [-0.2, 0) is 9.47 Å². The Morgan fingerprint density at radius 3 is 2.82 bits per heavy atom. The molecule has 4 rings (SSSR count). The number of benzene rings is 1. The van der Waals surface area contributed by atoms with E-state index in [2.05, 4.69) is 0 Å². The highest BCUT2D eigenvalue weighted by Gasteiger charge is 2.43. The molecule has 2 aromatic rings. The van der Waals surface area contributed by atoms with E-state index in [-0.39, 0.29) is 17.2 Å². The lowest BCUT2D eigenvalue weighted by molar-refractivity contribution is -0.189. The third kappa shape index (κ3) is 2.21. The fourth-order valence-corrected chi connectivity index (χ4v) is 3.45. The summed E-state index contributed by atoms with van der Waals surface area (Å²) in [4.78, 5) is 12.1. The Balaban J connectivity index is 1.69. The SMILES string of the molecule is O=c1oc([C@H]2COC3(CCCCC3)O2)cc2cccc(O)c12. The first-order chi connectivity index (χ1) is 10.7. The van der Waals surface area contributed by atoms with Gasteiger partial charge >= 0.3 is 5.63 Å². The molecular formula is C17H18O5. The summed E-state index contributed by atoms with van der Waals surface area (Å²) in [6, 6.07) is 6.72. The molecule has 0 radical (unpaired) electrons. The zero-order valence-electron chi connectivity index (χ0n) is 12.2. The van der Waals surface area contributed by atoms with Gasteiger partial charge in [0.1, 0.15) is 23.0 Å². The molecule has 1 aliphatic carbocycles. The summed E-state index contributed by atoms with van der Waals surface area (Å²) >= 11 is 0. The molecule has 2 heterocycles. The van der Waals surface area contributed by atoms with Crippen molar-refractivity contribution in [3.63, 3.8) is 0 Å². The molecule has 0 unspecified atom stereocenters. The maximum absolute atomic E-state index is 12.1. The molecule has 1 aliphatic heterocycles. The van der Waals surface area contributed by atoms with Crippen LogP contribution in [0.25, 0.3) is 10.8 Å². The molecular weight excluding hydrogens is 284 g/mol. The number of phenols is 1. The Kier molecular flexibility index (Phi) is 3.20. The maximum Gasteiger partial charge on any atom is 0.347 e. The fourth-order valence-electron chi connectivity index (χ4n) is 3.45. The number of hydrogen-bond acceptors (Lipinski definition) is 5. The largest absolute Gasteiger partial charge is 0.507 e. The van der Waals surface area contributed by atoms with Crippen LogP contribution in [0.1, 0.15) is 44.0 Å². The van der Waals surface area contributed by atoms with Crippen molar-refractivity contribution in [3.05, 3.63) is 40.4 Å². The third-order valence-electron chi connectivity index (χ3n) is 4.57. The van der Waals surface area contributed by atoms with Gasteiger partial charge in [0.15, 0.2) is 5.79 Å². The number of aromatic hydroxyl groups is 1. The van der Waals surface area contributed by atoms with E-state index in [0.29, 0.717) is 17.8 Å². The van der Waals surface area contributed by atoms with Gasteiger partial charge in [0, 0.05) is 12.8 Å². The second-order valence-corrected chi connectivity index (χ2v) is 6.07. The zero-order chi connectivity index (χ0) is 15.2. The second-order valence-electron chi connectivity index (χ2n) is 6.07. The zero-order valence-corrected chi connectivity index (χ0v) is 12.2. The highest BCUT2D eigenvalue weighted by Crippen LogP contribution is 2.42. The van der Waals surface area contributed by atoms with Gasteiger partial charge in [-0.25, -0.2) is 4.79 Å². The molecule has 0 bridgehead atoms. The topological polar surface area (TPSA) is 68.9 Å². The highest BCUT2D eigenvalue weighted by atomic mass is 16.7. The van der Waals surface area contributed by atoms with E-state index in [1.54, 1.807) is 18.2 Å². The first kappa shape index (κ1) is 13.8. The predicted octanol–water partition coefficient (Wildman–Crippen LogP) is 3.25. The van der Waals surface area contributed by atoms with Gasteiger partial charge in [-0.15, -0.1) is 0 Å². The lowest BCUT2D eigenvalue weighted by Gasteiger charge is -2.31. The van der Waals surface area contributed by atoms with E-state index < -0.39 is 11.4 Å². The third-order valence-corrected chi connectivity index (χ3v) is 4.57. The van der Waals surface area contributed by atoms with E-state index in [0.717, 1.165) is 25.7 Å². The van der Waals surface area contributed by atoms with Crippen molar-refractivity contribution in [2.75, 3.05) is 6.61 Å². The Labute approximate surface area is 127 Å². The van der Waals surface area contributed by atoms with E-state index >= 15 is 0 Å². The van der Waals surface area contributed by atoms with Crippen LogP contribution in [0.2, 0.25) is 0 Å².